The smallest absolute Gasteiger partial charge is 0.0504 e. The number of likely N-dealkylation sites (tertiary alicyclic amines) is 1. The summed E-state index contributed by atoms with van der Waals surface area (Å²) in [6.45, 7) is 5.70. The fourth-order valence-electron chi connectivity index (χ4n) is 4.58. The van der Waals surface area contributed by atoms with Crippen LogP contribution in [0.3, 0.4) is 0 Å². The summed E-state index contributed by atoms with van der Waals surface area (Å²) in [6, 6.07) is 10.3. The lowest BCUT2D eigenvalue weighted by Crippen LogP contribution is -2.45. The molecule has 2 nitrogen and oxygen atoms in total. The molecule has 1 saturated carbocycles. The second-order valence-corrected chi connectivity index (χ2v) is 7.01. The zero-order valence-electron chi connectivity index (χ0n) is 13.6. The number of benzene rings is 1. The summed E-state index contributed by atoms with van der Waals surface area (Å²) in [5.41, 5.74) is 9.43. The molecule has 21 heavy (non-hydrogen) atoms. The van der Waals surface area contributed by atoms with Crippen LogP contribution in [0.4, 0.5) is 0 Å². The van der Waals surface area contributed by atoms with Crippen molar-refractivity contribution >= 4 is 0 Å². The van der Waals surface area contributed by atoms with E-state index in [1.807, 2.05) is 0 Å². The predicted octanol–water partition coefficient (Wildman–Crippen LogP) is 4.04. The Morgan fingerprint density at radius 3 is 2.71 bits per heavy atom. The van der Waals surface area contributed by atoms with E-state index in [0.29, 0.717) is 6.04 Å². The molecule has 4 atom stereocenters. The number of fused-ring (bicyclic) bond motifs is 1. The van der Waals surface area contributed by atoms with Gasteiger partial charge in [0.15, 0.2) is 0 Å². The van der Waals surface area contributed by atoms with E-state index in [-0.39, 0.29) is 6.04 Å². The number of nitrogens with zero attached hydrogens (tertiary/aromatic N) is 1. The van der Waals surface area contributed by atoms with Gasteiger partial charge in [0, 0.05) is 12.1 Å². The molecule has 1 aliphatic heterocycles. The fourth-order valence-corrected chi connectivity index (χ4v) is 4.58. The first-order valence-electron chi connectivity index (χ1n) is 8.79. The first-order chi connectivity index (χ1) is 10.2. The topological polar surface area (TPSA) is 29.3 Å². The quantitative estimate of drug-likeness (QED) is 0.905. The third-order valence-electron chi connectivity index (χ3n) is 5.79. The molecule has 1 aliphatic carbocycles. The number of rotatable bonds is 4. The van der Waals surface area contributed by atoms with Crippen molar-refractivity contribution in [3.8, 4) is 0 Å². The van der Waals surface area contributed by atoms with Crippen molar-refractivity contribution in [2.24, 2.45) is 11.7 Å². The van der Waals surface area contributed by atoms with Gasteiger partial charge in [-0.1, -0.05) is 44.0 Å². The molecule has 1 aromatic carbocycles. The Hall–Kier alpha value is -0.860. The monoisotopic (exact) mass is 286 g/mol. The van der Waals surface area contributed by atoms with E-state index in [1.165, 1.54) is 49.8 Å². The van der Waals surface area contributed by atoms with E-state index >= 15 is 0 Å². The van der Waals surface area contributed by atoms with Gasteiger partial charge in [-0.3, -0.25) is 4.90 Å². The number of hydrogen-bond acceptors (Lipinski definition) is 2. The molecular formula is C19H30N2. The van der Waals surface area contributed by atoms with Gasteiger partial charge in [0.2, 0.25) is 0 Å². The molecule has 3 rings (SSSR count). The highest BCUT2D eigenvalue weighted by atomic mass is 15.2. The predicted molar refractivity (Wildman–Crippen MR) is 89.3 cm³/mol. The molecule has 1 heterocycles. The van der Waals surface area contributed by atoms with Gasteiger partial charge in [0.05, 0.1) is 6.04 Å². The lowest BCUT2D eigenvalue weighted by atomic mass is 9.84. The number of aryl methyl sites for hydroxylation is 1. The summed E-state index contributed by atoms with van der Waals surface area (Å²) in [7, 11) is 0. The lowest BCUT2D eigenvalue weighted by Gasteiger charge is -2.40. The Bertz CT molecular complexity index is 470. The molecule has 116 valence electrons. The van der Waals surface area contributed by atoms with Crippen molar-refractivity contribution in [3.63, 3.8) is 0 Å². The second-order valence-electron chi connectivity index (χ2n) is 7.01. The molecule has 1 saturated heterocycles. The van der Waals surface area contributed by atoms with Crippen LogP contribution >= 0.6 is 0 Å². The summed E-state index contributed by atoms with van der Waals surface area (Å²) >= 11 is 0. The number of nitrogens with two attached hydrogens (primary N) is 1. The molecule has 0 amide bonds. The van der Waals surface area contributed by atoms with Gasteiger partial charge in [0.25, 0.3) is 0 Å². The zero-order chi connectivity index (χ0) is 14.8. The van der Waals surface area contributed by atoms with Crippen LogP contribution in [0.1, 0.15) is 62.6 Å². The van der Waals surface area contributed by atoms with Crippen LogP contribution < -0.4 is 5.73 Å². The molecule has 0 aromatic heterocycles. The van der Waals surface area contributed by atoms with Gasteiger partial charge in [-0.25, -0.2) is 0 Å². The van der Waals surface area contributed by atoms with E-state index in [0.717, 1.165) is 18.4 Å². The van der Waals surface area contributed by atoms with Crippen molar-refractivity contribution in [1.29, 1.82) is 0 Å². The van der Waals surface area contributed by atoms with E-state index in [1.54, 1.807) is 0 Å². The average molecular weight is 286 g/mol. The molecule has 4 unspecified atom stereocenters. The molecule has 0 spiro atoms. The summed E-state index contributed by atoms with van der Waals surface area (Å²) in [5.74, 6) is 0.925. The fraction of sp³-hybridized carbons (Fsp3) is 0.684. The normalized spacial score (nSPS) is 29.1. The minimum absolute atomic E-state index is 0.242. The highest BCUT2D eigenvalue weighted by molar-refractivity contribution is 5.30. The third kappa shape index (κ3) is 2.89. The molecule has 0 bridgehead atoms. The first kappa shape index (κ1) is 15.1. The highest BCUT2D eigenvalue weighted by Gasteiger charge is 2.41. The molecule has 2 aliphatic rings. The minimum atomic E-state index is 0.242. The van der Waals surface area contributed by atoms with Crippen LogP contribution in [0, 0.1) is 12.8 Å². The largest absolute Gasteiger partial charge is 0.326 e. The summed E-state index contributed by atoms with van der Waals surface area (Å²) in [6.07, 6.45) is 8.08. The Morgan fingerprint density at radius 1 is 1.19 bits per heavy atom. The lowest BCUT2D eigenvalue weighted by molar-refractivity contribution is 0.114. The van der Waals surface area contributed by atoms with E-state index in [9.17, 15) is 0 Å². The Morgan fingerprint density at radius 2 is 1.95 bits per heavy atom. The van der Waals surface area contributed by atoms with Crippen molar-refractivity contribution in [2.45, 2.75) is 70.5 Å². The van der Waals surface area contributed by atoms with Gasteiger partial charge in [-0.15, -0.1) is 0 Å². The van der Waals surface area contributed by atoms with Gasteiger partial charge >= 0.3 is 0 Å². The van der Waals surface area contributed by atoms with Gasteiger partial charge in [0.1, 0.15) is 0 Å². The summed E-state index contributed by atoms with van der Waals surface area (Å²) in [5, 5.41) is 0. The average Bonchev–Trinajstić information content (AvgIpc) is 2.93. The molecule has 2 N–H and O–H groups in total. The van der Waals surface area contributed by atoms with Gasteiger partial charge in [-0.05, 0) is 56.2 Å². The summed E-state index contributed by atoms with van der Waals surface area (Å²) < 4.78 is 0. The molecular weight excluding hydrogens is 256 g/mol. The van der Waals surface area contributed by atoms with Crippen LogP contribution in [0.25, 0.3) is 0 Å². The van der Waals surface area contributed by atoms with Crippen molar-refractivity contribution in [3.05, 3.63) is 35.4 Å². The van der Waals surface area contributed by atoms with Crippen LogP contribution in [0.15, 0.2) is 24.3 Å². The van der Waals surface area contributed by atoms with Crippen LogP contribution in [-0.4, -0.2) is 23.5 Å². The minimum Gasteiger partial charge on any atom is -0.326 e. The second kappa shape index (κ2) is 6.50. The van der Waals surface area contributed by atoms with E-state index in [4.69, 9.17) is 5.73 Å². The molecule has 2 fully saturated rings. The van der Waals surface area contributed by atoms with Crippen LogP contribution in [0.5, 0.6) is 0 Å². The SMILES string of the molecule is CCC(N)C(c1ccccc1C)N1CCC2CCCCC21. The summed E-state index contributed by atoms with van der Waals surface area (Å²) in [4.78, 5) is 2.76. The van der Waals surface area contributed by atoms with Crippen LogP contribution in [0.2, 0.25) is 0 Å². The van der Waals surface area contributed by atoms with Crippen molar-refractivity contribution in [1.82, 2.24) is 4.90 Å². The zero-order valence-corrected chi connectivity index (χ0v) is 13.6. The van der Waals surface area contributed by atoms with E-state index < -0.39 is 0 Å². The van der Waals surface area contributed by atoms with Gasteiger partial charge < -0.3 is 5.73 Å². The first-order valence-corrected chi connectivity index (χ1v) is 8.79. The maximum Gasteiger partial charge on any atom is 0.0504 e. The Labute approximate surface area is 129 Å². The molecule has 1 aromatic rings. The van der Waals surface area contributed by atoms with Crippen molar-refractivity contribution < 1.29 is 0 Å². The maximum absolute atomic E-state index is 6.58. The van der Waals surface area contributed by atoms with Crippen molar-refractivity contribution in [2.75, 3.05) is 6.54 Å². The molecule has 2 heteroatoms. The van der Waals surface area contributed by atoms with Gasteiger partial charge in [-0.2, -0.15) is 0 Å². The maximum atomic E-state index is 6.58. The Balaban J connectivity index is 1.91. The highest BCUT2D eigenvalue weighted by Crippen LogP contribution is 2.42. The van der Waals surface area contributed by atoms with Crippen LogP contribution in [-0.2, 0) is 0 Å². The standard InChI is InChI=1S/C19H30N2/c1-3-17(20)19(16-10-6-4-8-14(16)2)21-13-12-15-9-5-7-11-18(15)21/h4,6,8,10,15,17-19H,3,5,7,9,11-13,20H2,1-2H3. The Kier molecular flexibility index (Phi) is 4.66. The molecule has 0 radical (unpaired) electrons. The third-order valence-corrected chi connectivity index (χ3v) is 5.79. The number of hydrogen-bond donors (Lipinski definition) is 1. The van der Waals surface area contributed by atoms with E-state index in [2.05, 4.69) is 43.0 Å².